The molecular formula is C15H12N4O6. The number of aryl methyl sites for hydroxylation is 1. The lowest BCUT2D eigenvalue weighted by molar-refractivity contribution is -0.385. The minimum atomic E-state index is -0.704. The fourth-order valence-corrected chi connectivity index (χ4v) is 1.93. The Balaban J connectivity index is 2.16. The van der Waals surface area contributed by atoms with Crippen molar-refractivity contribution in [3.63, 3.8) is 0 Å². The van der Waals surface area contributed by atoms with Crippen LogP contribution >= 0.6 is 0 Å². The number of amides is 1. The van der Waals surface area contributed by atoms with E-state index in [1.165, 1.54) is 12.1 Å². The highest BCUT2D eigenvalue weighted by atomic mass is 16.6. The summed E-state index contributed by atoms with van der Waals surface area (Å²) >= 11 is 0. The van der Waals surface area contributed by atoms with Crippen molar-refractivity contribution >= 4 is 23.5 Å². The molecule has 2 rings (SSSR count). The van der Waals surface area contributed by atoms with E-state index in [9.17, 15) is 30.1 Å². The second-order valence-electron chi connectivity index (χ2n) is 4.96. The first-order valence-corrected chi connectivity index (χ1v) is 6.85. The van der Waals surface area contributed by atoms with Crippen molar-refractivity contribution in [3.05, 3.63) is 73.3 Å². The molecule has 0 aromatic heterocycles. The summed E-state index contributed by atoms with van der Waals surface area (Å²) in [6.07, 6.45) is 1.03. The molecule has 10 heteroatoms. The van der Waals surface area contributed by atoms with Crippen LogP contribution in [0.4, 0.5) is 11.4 Å². The molecule has 0 unspecified atom stereocenters. The van der Waals surface area contributed by atoms with Crippen molar-refractivity contribution in [2.75, 3.05) is 0 Å². The molecule has 10 nitrogen and oxygen atoms in total. The number of carbonyl (C=O) groups excluding carboxylic acids is 1. The van der Waals surface area contributed by atoms with Crippen LogP contribution in [0.15, 0.2) is 41.5 Å². The second kappa shape index (κ2) is 7.17. The first kappa shape index (κ1) is 17.5. The van der Waals surface area contributed by atoms with Crippen molar-refractivity contribution in [1.82, 2.24) is 5.43 Å². The maximum absolute atomic E-state index is 12.0. The van der Waals surface area contributed by atoms with Gasteiger partial charge in [-0.1, -0.05) is 6.07 Å². The molecule has 25 heavy (non-hydrogen) atoms. The highest BCUT2D eigenvalue weighted by molar-refractivity contribution is 5.95. The van der Waals surface area contributed by atoms with E-state index in [0.29, 0.717) is 5.56 Å². The number of nitro groups is 2. The number of phenolic OH excluding ortho intramolecular Hbond substituents is 1. The van der Waals surface area contributed by atoms with Gasteiger partial charge in [0.15, 0.2) is 0 Å². The average molecular weight is 344 g/mol. The van der Waals surface area contributed by atoms with E-state index >= 15 is 0 Å². The van der Waals surface area contributed by atoms with Gasteiger partial charge in [-0.2, -0.15) is 5.10 Å². The zero-order valence-electron chi connectivity index (χ0n) is 12.9. The van der Waals surface area contributed by atoms with Crippen LogP contribution in [0.5, 0.6) is 5.75 Å². The van der Waals surface area contributed by atoms with E-state index in [-0.39, 0.29) is 28.3 Å². The number of nitrogens with zero attached hydrogens (tertiary/aromatic N) is 3. The van der Waals surface area contributed by atoms with E-state index in [4.69, 9.17) is 0 Å². The summed E-state index contributed by atoms with van der Waals surface area (Å²) in [6, 6.07) is 7.29. The molecule has 0 aliphatic rings. The third-order valence-corrected chi connectivity index (χ3v) is 3.26. The zero-order valence-corrected chi connectivity index (χ0v) is 12.9. The molecule has 2 aromatic carbocycles. The Bertz CT molecular complexity index is 894. The highest BCUT2D eigenvalue weighted by Crippen LogP contribution is 2.21. The Morgan fingerprint density at radius 3 is 2.52 bits per heavy atom. The molecule has 0 fully saturated rings. The van der Waals surface area contributed by atoms with Crippen molar-refractivity contribution in [3.8, 4) is 5.75 Å². The van der Waals surface area contributed by atoms with E-state index in [2.05, 4.69) is 10.5 Å². The monoisotopic (exact) mass is 344 g/mol. The van der Waals surface area contributed by atoms with Crippen LogP contribution in [0.3, 0.4) is 0 Å². The summed E-state index contributed by atoms with van der Waals surface area (Å²) in [5.41, 5.74) is 2.15. The van der Waals surface area contributed by atoms with Gasteiger partial charge in [0.05, 0.1) is 16.1 Å². The topological polar surface area (TPSA) is 148 Å². The van der Waals surface area contributed by atoms with E-state index in [1.54, 1.807) is 6.92 Å². The summed E-state index contributed by atoms with van der Waals surface area (Å²) in [6.45, 7) is 1.54. The zero-order chi connectivity index (χ0) is 18.6. The molecule has 0 aliphatic heterocycles. The number of carbonyl (C=O) groups is 1. The molecular weight excluding hydrogens is 332 g/mol. The van der Waals surface area contributed by atoms with Crippen molar-refractivity contribution in [2.45, 2.75) is 6.92 Å². The number of nitro benzene ring substituents is 2. The number of phenols is 1. The number of non-ortho nitro benzene ring substituents is 1. The number of benzene rings is 2. The molecule has 0 saturated carbocycles. The van der Waals surface area contributed by atoms with Gasteiger partial charge in [-0.3, -0.25) is 25.0 Å². The summed E-state index contributed by atoms with van der Waals surface area (Å²) in [4.78, 5) is 32.3. The molecule has 128 valence electrons. The van der Waals surface area contributed by atoms with Crippen LogP contribution in [0, 0.1) is 27.2 Å². The van der Waals surface area contributed by atoms with E-state index < -0.39 is 15.8 Å². The summed E-state index contributed by atoms with van der Waals surface area (Å²) < 4.78 is 0. The van der Waals surface area contributed by atoms with Crippen molar-refractivity contribution in [2.24, 2.45) is 5.10 Å². The molecule has 0 radical (unpaired) electrons. The summed E-state index contributed by atoms with van der Waals surface area (Å²) in [5.74, 6) is -0.959. The SMILES string of the molecule is Cc1ccc(C(=O)NN=Cc2cc([N+](=O)[O-])ccc2O)cc1[N+](=O)[O-]. The largest absolute Gasteiger partial charge is 0.507 e. The first-order chi connectivity index (χ1) is 11.8. The first-order valence-electron chi connectivity index (χ1n) is 6.85. The van der Waals surface area contributed by atoms with Crippen LogP contribution in [-0.2, 0) is 0 Å². The van der Waals surface area contributed by atoms with Gasteiger partial charge < -0.3 is 5.11 Å². The fraction of sp³-hybridized carbons (Fsp3) is 0.0667. The molecule has 2 aromatic rings. The number of hydrogen-bond acceptors (Lipinski definition) is 7. The van der Waals surface area contributed by atoms with Crippen LogP contribution in [0.1, 0.15) is 21.5 Å². The molecule has 0 spiro atoms. The molecule has 0 atom stereocenters. The summed E-state index contributed by atoms with van der Waals surface area (Å²) in [5, 5.41) is 34.8. The molecule has 0 heterocycles. The van der Waals surface area contributed by atoms with E-state index in [1.807, 2.05) is 0 Å². The molecule has 2 N–H and O–H groups in total. The van der Waals surface area contributed by atoms with Gasteiger partial charge >= 0.3 is 0 Å². The number of nitrogens with one attached hydrogen (secondary N) is 1. The minimum Gasteiger partial charge on any atom is -0.507 e. The smallest absolute Gasteiger partial charge is 0.273 e. The van der Waals surface area contributed by atoms with Gasteiger partial charge in [-0.25, -0.2) is 5.43 Å². The minimum absolute atomic E-state index is 0.0257. The molecule has 1 amide bonds. The summed E-state index contributed by atoms with van der Waals surface area (Å²) in [7, 11) is 0. The second-order valence-corrected chi connectivity index (χ2v) is 4.96. The van der Waals surface area contributed by atoms with Gasteiger partial charge in [0.1, 0.15) is 5.75 Å². The van der Waals surface area contributed by atoms with Crippen molar-refractivity contribution in [1.29, 1.82) is 0 Å². The number of hydrogen-bond donors (Lipinski definition) is 2. The number of rotatable bonds is 5. The average Bonchev–Trinajstić information content (AvgIpc) is 2.56. The van der Waals surface area contributed by atoms with Gasteiger partial charge in [0.25, 0.3) is 17.3 Å². The lowest BCUT2D eigenvalue weighted by atomic mass is 10.1. The normalized spacial score (nSPS) is 10.6. The Morgan fingerprint density at radius 2 is 1.88 bits per heavy atom. The number of aromatic hydroxyl groups is 1. The van der Waals surface area contributed by atoms with Gasteiger partial charge in [-0.15, -0.1) is 0 Å². The van der Waals surface area contributed by atoms with Crippen LogP contribution in [0.25, 0.3) is 0 Å². The van der Waals surface area contributed by atoms with E-state index in [0.717, 1.165) is 30.5 Å². The standard InChI is InChI=1S/C15H12N4O6/c1-9-2-3-10(7-13(9)19(24)25)15(21)17-16-8-11-6-12(18(22)23)4-5-14(11)20/h2-8,20H,1H3,(H,17,21). The Labute approximate surface area is 140 Å². The Hall–Kier alpha value is -3.82. The lowest BCUT2D eigenvalue weighted by Gasteiger charge is -2.02. The third-order valence-electron chi connectivity index (χ3n) is 3.26. The lowest BCUT2D eigenvalue weighted by Crippen LogP contribution is -2.17. The van der Waals surface area contributed by atoms with Crippen molar-refractivity contribution < 1.29 is 19.7 Å². The Kier molecular flexibility index (Phi) is 5.03. The predicted octanol–water partition coefficient (Wildman–Crippen LogP) is 2.28. The van der Waals surface area contributed by atoms with Gasteiger partial charge in [0.2, 0.25) is 0 Å². The molecule has 0 saturated heterocycles. The molecule has 0 bridgehead atoms. The van der Waals surface area contributed by atoms with Crippen LogP contribution in [-0.4, -0.2) is 27.1 Å². The maximum Gasteiger partial charge on any atom is 0.273 e. The van der Waals surface area contributed by atoms with Crippen LogP contribution in [0.2, 0.25) is 0 Å². The number of hydrazone groups is 1. The maximum atomic E-state index is 12.0. The fourth-order valence-electron chi connectivity index (χ4n) is 1.93. The highest BCUT2D eigenvalue weighted by Gasteiger charge is 2.14. The van der Waals surface area contributed by atoms with Crippen LogP contribution < -0.4 is 5.43 Å². The Morgan fingerprint density at radius 1 is 1.16 bits per heavy atom. The quantitative estimate of drug-likeness (QED) is 0.483. The van der Waals surface area contributed by atoms with Gasteiger partial charge in [-0.05, 0) is 19.1 Å². The molecule has 0 aliphatic carbocycles. The third kappa shape index (κ3) is 4.13. The predicted molar refractivity (Wildman–Crippen MR) is 87.7 cm³/mol. The van der Waals surface area contributed by atoms with Gasteiger partial charge in [0, 0.05) is 34.9 Å².